The number of hydrogen-bond acceptors (Lipinski definition) is 4. The van der Waals surface area contributed by atoms with E-state index in [0.717, 1.165) is 6.54 Å². The first-order valence-electron chi connectivity index (χ1n) is 5.17. The first kappa shape index (κ1) is 12.3. The Morgan fingerprint density at radius 1 is 1.56 bits per heavy atom. The van der Waals surface area contributed by atoms with Gasteiger partial charge in [0.2, 0.25) is 0 Å². The van der Waals surface area contributed by atoms with Crippen LogP contribution in [0.3, 0.4) is 0 Å². The molecule has 0 radical (unpaired) electrons. The molecule has 0 aliphatic carbocycles. The lowest BCUT2D eigenvalue weighted by atomic mass is 10.3. The Kier molecular flexibility index (Phi) is 4.57. The van der Waals surface area contributed by atoms with Crippen molar-refractivity contribution in [3.05, 3.63) is 24.5 Å². The molecule has 1 heterocycles. The number of carbonyl (C=O) groups is 1. The molecule has 0 unspecified atom stereocenters. The van der Waals surface area contributed by atoms with Gasteiger partial charge in [-0.25, -0.2) is 4.79 Å². The number of hydrogen-bond donors (Lipinski definition) is 0. The van der Waals surface area contributed by atoms with E-state index in [2.05, 4.69) is 11.7 Å². The second kappa shape index (κ2) is 5.95. The van der Waals surface area contributed by atoms with E-state index in [1.165, 1.54) is 0 Å². The largest absolute Gasteiger partial charge is 0.485 e. The van der Waals surface area contributed by atoms with E-state index in [9.17, 15) is 4.79 Å². The third-order valence-electron chi connectivity index (χ3n) is 1.91. The van der Waals surface area contributed by atoms with Gasteiger partial charge in [0.1, 0.15) is 6.61 Å². The monoisotopic (exact) mass is 224 g/mol. The average Bonchev–Trinajstić information content (AvgIpc) is 2.74. The van der Waals surface area contributed by atoms with Crippen molar-refractivity contribution in [1.82, 2.24) is 9.78 Å². The summed E-state index contributed by atoms with van der Waals surface area (Å²) in [5.74, 6) is 0.192. The van der Waals surface area contributed by atoms with Crippen LogP contribution in [0.1, 0.15) is 13.8 Å². The number of aryl methyl sites for hydroxylation is 1. The summed E-state index contributed by atoms with van der Waals surface area (Å²) in [7, 11) is 0. The molecule has 1 aromatic rings. The van der Waals surface area contributed by atoms with Gasteiger partial charge in [-0.15, -0.1) is 0 Å². The number of rotatable bonds is 6. The van der Waals surface area contributed by atoms with Crippen molar-refractivity contribution in [2.24, 2.45) is 0 Å². The van der Waals surface area contributed by atoms with E-state index in [4.69, 9.17) is 9.47 Å². The summed E-state index contributed by atoms with van der Waals surface area (Å²) in [6.07, 6.45) is 3.36. The Balaban J connectivity index is 2.39. The normalized spacial score (nSPS) is 9.88. The Labute approximate surface area is 94.7 Å². The highest BCUT2D eigenvalue weighted by Gasteiger charge is 2.08. The maximum Gasteiger partial charge on any atom is 0.336 e. The van der Waals surface area contributed by atoms with Gasteiger partial charge in [0, 0.05) is 6.54 Å². The molecule has 1 rings (SSSR count). The molecule has 0 aliphatic heterocycles. The molecule has 0 atom stereocenters. The van der Waals surface area contributed by atoms with Gasteiger partial charge < -0.3 is 9.47 Å². The standard InChI is InChI=1S/C11H16N2O3/c1-4-13-7-10(6-12-13)16-8-9(3)11(14)15-5-2/h6-7H,3-5,8H2,1-2H3. The molecule has 0 aromatic carbocycles. The van der Waals surface area contributed by atoms with Gasteiger partial charge >= 0.3 is 5.97 Å². The van der Waals surface area contributed by atoms with E-state index < -0.39 is 5.97 Å². The lowest BCUT2D eigenvalue weighted by molar-refractivity contribution is -0.138. The zero-order chi connectivity index (χ0) is 12.0. The van der Waals surface area contributed by atoms with Crippen LogP contribution in [0.25, 0.3) is 0 Å². The van der Waals surface area contributed by atoms with Crippen LogP contribution in [0, 0.1) is 0 Å². The van der Waals surface area contributed by atoms with Crippen LogP contribution in [0.15, 0.2) is 24.5 Å². The van der Waals surface area contributed by atoms with Crippen molar-refractivity contribution in [3.63, 3.8) is 0 Å². The fourth-order valence-electron chi connectivity index (χ4n) is 1.05. The van der Waals surface area contributed by atoms with Crippen molar-refractivity contribution >= 4 is 5.97 Å². The molecule has 0 saturated carbocycles. The summed E-state index contributed by atoms with van der Waals surface area (Å²) >= 11 is 0. The van der Waals surface area contributed by atoms with E-state index in [1.54, 1.807) is 24.0 Å². The zero-order valence-corrected chi connectivity index (χ0v) is 9.60. The van der Waals surface area contributed by atoms with Crippen molar-refractivity contribution in [3.8, 4) is 5.75 Å². The van der Waals surface area contributed by atoms with Crippen LogP contribution < -0.4 is 4.74 Å². The molecule has 0 spiro atoms. The summed E-state index contributed by atoms with van der Waals surface area (Å²) in [6, 6.07) is 0. The number of nitrogens with zero attached hydrogens (tertiary/aromatic N) is 2. The van der Waals surface area contributed by atoms with Crippen molar-refractivity contribution < 1.29 is 14.3 Å². The van der Waals surface area contributed by atoms with Gasteiger partial charge in [-0.3, -0.25) is 4.68 Å². The summed E-state index contributed by atoms with van der Waals surface area (Å²) < 4.78 is 11.9. The number of esters is 1. The molecule has 0 N–H and O–H groups in total. The lowest BCUT2D eigenvalue weighted by Gasteiger charge is -2.05. The van der Waals surface area contributed by atoms with Gasteiger partial charge in [-0.05, 0) is 13.8 Å². The van der Waals surface area contributed by atoms with Gasteiger partial charge in [-0.2, -0.15) is 5.10 Å². The fraction of sp³-hybridized carbons (Fsp3) is 0.455. The smallest absolute Gasteiger partial charge is 0.336 e. The van der Waals surface area contributed by atoms with Crippen LogP contribution in [0.5, 0.6) is 5.75 Å². The minimum absolute atomic E-state index is 0.119. The second-order valence-corrected chi connectivity index (χ2v) is 3.14. The van der Waals surface area contributed by atoms with Crippen LogP contribution in [-0.2, 0) is 16.1 Å². The Hall–Kier alpha value is -1.78. The Bertz CT molecular complexity index is 371. The third kappa shape index (κ3) is 3.42. The summed E-state index contributed by atoms with van der Waals surface area (Å²) in [5, 5.41) is 4.04. The molecule has 0 bridgehead atoms. The van der Waals surface area contributed by atoms with Crippen LogP contribution in [-0.4, -0.2) is 29.0 Å². The van der Waals surface area contributed by atoms with E-state index in [0.29, 0.717) is 17.9 Å². The molecular weight excluding hydrogens is 208 g/mol. The molecule has 0 amide bonds. The highest BCUT2D eigenvalue weighted by atomic mass is 16.5. The van der Waals surface area contributed by atoms with Gasteiger partial charge in [0.25, 0.3) is 0 Å². The van der Waals surface area contributed by atoms with Crippen molar-refractivity contribution in [1.29, 1.82) is 0 Å². The molecule has 1 aromatic heterocycles. The van der Waals surface area contributed by atoms with Gasteiger partial charge in [-0.1, -0.05) is 6.58 Å². The molecule has 0 saturated heterocycles. The van der Waals surface area contributed by atoms with Gasteiger partial charge in [0.15, 0.2) is 5.75 Å². The van der Waals surface area contributed by atoms with Crippen molar-refractivity contribution in [2.45, 2.75) is 20.4 Å². The van der Waals surface area contributed by atoms with Crippen molar-refractivity contribution in [2.75, 3.05) is 13.2 Å². The Morgan fingerprint density at radius 3 is 2.88 bits per heavy atom. The van der Waals surface area contributed by atoms with Crippen LogP contribution in [0.4, 0.5) is 0 Å². The minimum Gasteiger partial charge on any atom is -0.485 e. The van der Waals surface area contributed by atoms with Crippen LogP contribution in [0.2, 0.25) is 0 Å². The summed E-state index contributed by atoms with van der Waals surface area (Å²) in [4.78, 5) is 11.2. The second-order valence-electron chi connectivity index (χ2n) is 3.14. The SMILES string of the molecule is C=C(COc1cnn(CC)c1)C(=O)OCC. The summed E-state index contributed by atoms with van der Waals surface area (Å²) in [5.41, 5.74) is 0.297. The molecule has 88 valence electrons. The van der Waals surface area contributed by atoms with E-state index in [1.807, 2.05) is 6.92 Å². The number of carbonyl (C=O) groups excluding carboxylic acids is 1. The quantitative estimate of drug-likeness (QED) is 0.541. The lowest BCUT2D eigenvalue weighted by Crippen LogP contribution is -2.13. The first-order valence-corrected chi connectivity index (χ1v) is 5.17. The maximum absolute atomic E-state index is 11.2. The summed E-state index contributed by atoms with van der Waals surface area (Å²) in [6.45, 7) is 8.55. The zero-order valence-electron chi connectivity index (χ0n) is 9.60. The Morgan fingerprint density at radius 2 is 2.31 bits per heavy atom. The highest BCUT2D eigenvalue weighted by molar-refractivity contribution is 5.87. The van der Waals surface area contributed by atoms with E-state index in [-0.39, 0.29) is 6.61 Å². The molecule has 16 heavy (non-hydrogen) atoms. The minimum atomic E-state index is -0.426. The molecule has 0 fully saturated rings. The molecule has 0 aliphatic rings. The number of ether oxygens (including phenoxy) is 2. The van der Waals surface area contributed by atoms with Gasteiger partial charge in [0.05, 0.1) is 24.6 Å². The number of aromatic nitrogens is 2. The predicted molar refractivity (Wildman–Crippen MR) is 59.2 cm³/mol. The highest BCUT2D eigenvalue weighted by Crippen LogP contribution is 2.09. The van der Waals surface area contributed by atoms with Crippen LogP contribution >= 0.6 is 0 Å². The van der Waals surface area contributed by atoms with E-state index >= 15 is 0 Å². The maximum atomic E-state index is 11.2. The fourth-order valence-corrected chi connectivity index (χ4v) is 1.05. The molecule has 5 nitrogen and oxygen atoms in total. The molecule has 5 heteroatoms. The average molecular weight is 224 g/mol. The third-order valence-corrected chi connectivity index (χ3v) is 1.91. The topological polar surface area (TPSA) is 53.4 Å². The first-order chi connectivity index (χ1) is 7.67. The predicted octanol–water partition coefficient (Wildman–Crippen LogP) is 1.40. The molecular formula is C11H16N2O3.